The van der Waals surface area contributed by atoms with Gasteiger partial charge in [0.25, 0.3) is 0 Å². The van der Waals surface area contributed by atoms with Crippen LogP contribution >= 0.6 is 0 Å². The van der Waals surface area contributed by atoms with Gasteiger partial charge in [-0.05, 0) is 42.5 Å². The summed E-state index contributed by atoms with van der Waals surface area (Å²) < 4.78 is 0. The first kappa shape index (κ1) is 14.4. The molecule has 4 nitrogen and oxygen atoms in total. The van der Waals surface area contributed by atoms with Crippen LogP contribution in [0, 0.1) is 5.92 Å². The van der Waals surface area contributed by atoms with Crippen LogP contribution in [0.25, 0.3) is 0 Å². The molecule has 1 saturated carbocycles. The Labute approximate surface area is 125 Å². The second kappa shape index (κ2) is 6.06. The largest absolute Gasteiger partial charge is 0.478 e. The summed E-state index contributed by atoms with van der Waals surface area (Å²) in [7, 11) is 0. The van der Waals surface area contributed by atoms with Crippen LogP contribution in [0.15, 0.2) is 18.2 Å². The third-order valence-corrected chi connectivity index (χ3v) is 4.83. The standard InChI is InChI=1S/C17H23NO3/c19-15(9-12-3-1-2-4-12)11-18-8-7-13-10-14(17(20)21)5-6-16(13)18/h5-6,10,12,15,19H,1-4,7-9,11H2,(H,20,21). The molecule has 21 heavy (non-hydrogen) atoms. The van der Waals surface area contributed by atoms with Gasteiger partial charge in [0, 0.05) is 18.8 Å². The van der Waals surface area contributed by atoms with E-state index in [4.69, 9.17) is 5.11 Å². The lowest BCUT2D eigenvalue weighted by Crippen LogP contribution is -2.32. The number of carbonyl (C=O) groups is 1. The van der Waals surface area contributed by atoms with Crippen molar-refractivity contribution in [1.29, 1.82) is 0 Å². The molecular formula is C17H23NO3. The van der Waals surface area contributed by atoms with Gasteiger partial charge in [-0.3, -0.25) is 0 Å². The van der Waals surface area contributed by atoms with E-state index >= 15 is 0 Å². The number of rotatable bonds is 5. The number of carboxylic acid groups (broad SMARTS) is 1. The quantitative estimate of drug-likeness (QED) is 0.875. The minimum Gasteiger partial charge on any atom is -0.478 e. The Morgan fingerprint density at radius 1 is 1.33 bits per heavy atom. The Hall–Kier alpha value is -1.55. The van der Waals surface area contributed by atoms with Gasteiger partial charge in [0.15, 0.2) is 0 Å². The second-order valence-electron chi connectivity index (χ2n) is 6.38. The molecule has 0 bridgehead atoms. The molecule has 1 aromatic rings. The summed E-state index contributed by atoms with van der Waals surface area (Å²) in [6, 6.07) is 5.30. The van der Waals surface area contributed by atoms with E-state index < -0.39 is 5.97 Å². The minimum absolute atomic E-state index is 0.279. The Morgan fingerprint density at radius 3 is 2.81 bits per heavy atom. The Bertz CT molecular complexity index is 523. The van der Waals surface area contributed by atoms with E-state index in [9.17, 15) is 9.90 Å². The Balaban J connectivity index is 1.62. The number of nitrogens with zero attached hydrogens (tertiary/aromatic N) is 1. The van der Waals surface area contributed by atoms with Gasteiger partial charge in [0.1, 0.15) is 0 Å². The molecule has 1 heterocycles. The molecule has 0 aromatic heterocycles. The first-order valence-corrected chi connectivity index (χ1v) is 7.92. The minimum atomic E-state index is -0.877. The predicted molar refractivity (Wildman–Crippen MR) is 81.9 cm³/mol. The number of carboxylic acids is 1. The molecule has 114 valence electrons. The Kier molecular flexibility index (Phi) is 4.15. The zero-order valence-electron chi connectivity index (χ0n) is 12.3. The van der Waals surface area contributed by atoms with E-state index in [1.807, 2.05) is 6.07 Å². The fourth-order valence-electron chi connectivity index (χ4n) is 3.75. The molecule has 1 unspecified atom stereocenters. The number of aliphatic hydroxyl groups is 1. The molecule has 4 heteroatoms. The number of hydrogen-bond donors (Lipinski definition) is 2. The van der Waals surface area contributed by atoms with E-state index in [2.05, 4.69) is 4.90 Å². The molecule has 1 atom stereocenters. The lowest BCUT2D eigenvalue weighted by Gasteiger charge is -2.24. The van der Waals surface area contributed by atoms with Crippen LogP contribution in [0.3, 0.4) is 0 Å². The molecule has 0 radical (unpaired) electrons. The van der Waals surface area contributed by atoms with E-state index in [0.29, 0.717) is 18.0 Å². The molecule has 3 rings (SSSR count). The van der Waals surface area contributed by atoms with Crippen LogP contribution in [-0.4, -0.2) is 35.4 Å². The molecule has 0 spiro atoms. The first-order valence-electron chi connectivity index (χ1n) is 7.92. The van der Waals surface area contributed by atoms with Gasteiger partial charge in [0.05, 0.1) is 11.7 Å². The number of anilines is 1. The van der Waals surface area contributed by atoms with E-state index in [-0.39, 0.29) is 6.10 Å². The van der Waals surface area contributed by atoms with E-state index in [0.717, 1.165) is 30.6 Å². The highest BCUT2D eigenvalue weighted by Crippen LogP contribution is 2.31. The van der Waals surface area contributed by atoms with Gasteiger partial charge in [-0.15, -0.1) is 0 Å². The summed E-state index contributed by atoms with van der Waals surface area (Å²) in [6.07, 6.45) is 6.62. The van der Waals surface area contributed by atoms with Gasteiger partial charge < -0.3 is 15.1 Å². The van der Waals surface area contributed by atoms with Gasteiger partial charge in [-0.2, -0.15) is 0 Å². The van der Waals surface area contributed by atoms with Crippen LogP contribution in [0.4, 0.5) is 5.69 Å². The van der Waals surface area contributed by atoms with Gasteiger partial charge >= 0.3 is 5.97 Å². The van der Waals surface area contributed by atoms with Crippen molar-refractivity contribution in [3.8, 4) is 0 Å². The average Bonchev–Trinajstić information content (AvgIpc) is 3.08. The molecule has 0 saturated heterocycles. The van der Waals surface area contributed by atoms with Gasteiger partial charge in [-0.1, -0.05) is 25.7 Å². The van der Waals surface area contributed by atoms with Crippen molar-refractivity contribution in [1.82, 2.24) is 0 Å². The fraction of sp³-hybridized carbons (Fsp3) is 0.588. The third kappa shape index (κ3) is 3.21. The van der Waals surface area contributed by atoms with Crippen molar-refractivity contribution in [3.63, 3.8) is 0 Å². The smallest absolute Gasteiger partial charge is 0.335 e. The van der Waals surface area contributed by atoms with Crippen LogP contribution in [0.5, 0.6) is 0 Å². The lowest BCUT2D eigenvalue weighted by molar-refractivity contribution is 0.0696. The van der Waals surface area contributed by atoms with Crippen molar-refractivity contribution in [3.05, 3.63) is 29.3 Å². The highest BCUT2D eigenvalue weighted by Gasteiger charge is 2.24. The van der Waals surface area contributed by atoms with Crippen LogP contribution in [-0.2, 0) is 6.42 Å². The van der Waals surface area contributed by atoms with Crippen molar-refractivity contribution >= 4 is 11.7 Å². The lowest BCUT2D eigenvalue weighted by atomic mass is 10.00. The molecule has 1 aliphatic carbocycles. The van der Waals surface area contributed by atoms with Crippen LogP contribution < -0.4 is 4.90 Å². The molecule has 2 aliphatic rings. The molecule has 2 N–H and O–H groups in total. The zero-order chi connectivity index (χ0) is 14.8. The van der Waals surface area contributed by atoms with E-state index in [1.54, 1.807) is 12.1 Å². The zero-order valence-corrected chi connectivity index (χ0v) is 12.3. The fourth-order valence-corrected chi connectivity index (χ4v) is 3.75. The van der Waals surface area contributed by atoms with Crippen molar-refractivity contribution < 1.29 is 15.0 Å². The van der Waals surface area contributed by atoms with Gasteiger partial charge in [-0.25, -0.2) is 4.79 Å². The first-order chi connectivity index (χ1) is 10.1. The molecular weight excluding hydrogens is 266 g/mol. The topological polar surface area (TPSA) is 60.8 Å². The third-order valence-electron chi connectivity index (χ3n) is 4.83. The normalized spacial score (nSPS) is 19.8. The summed E-state index contributed by atoms with van der Waals surface area (Å²) in [5.74, 6) is -0.186. The van der Waals surface area contributed by atoms with Crippen molar-refractivity contribution in [2.45, 2.75) is 44.6 Å². The van der Waals surface area contributed by atoms with Crippen molar-refractivity contribution in [2.75, 3.05) is 18.0 Å². The summed E-state index contributed by atoms with van der Waals surface area (Å²) in [6.45, 7) is 1.54. The monoisotopic (exact) mass is 289 g/mol. The van der Waals surface area contributed by atoms with Crippen LogP contribution in [0.1, 0.15) is 48.0 Å². The number of aromatic carboxylic acids is 1. The number of aliphatic hydroxyl groups excluding tert-OH is 1. The number of benzene rings is 1. The highest BCUT2D eigenvalue weighted by atomic mass is 16.4. The Morgan fingerprint density at radius 2 is 2.10 bits per heavy atom. The number of hydrogen-bond acceptors (Lipinski definition) is 3. The SMILES string of the molecule is O=C(O)c1ccc2c(c1)CCN2CC(O)CC1CCCC1. The molecule has 1 aliphatic heterocycles. The number of fused-ring (bicyclic) bond motifs is 1. The maximum atomic E-state index is 11.0. The predicted octanol–water partition coefficient (Wildman–Crippen LogP) is 2.69. The molecule has 0 amide bonds. The number of β-amino-alcohol motifs (C(OH)–C–C–N with tert-alkyl or cyclic N) is 1. The van der Waals surface area contributed by atoms with Gasteiger partial charge in [0.2, 0.25) is 0 Å². The average molecular weight is 289 g/mol. The van der Waals surface area contributed by atoms with Crippen LogP contribution in [0.2, 0.25) is 0 Å². The summed E-state index contributed by atoms with van der Waals surface area (Å²) in [5, 5.41) is 19.3. The molecule has 1 aromatic carbocycles. The van der Waals surface area contributed by atoms with E-state index in [1.165, 1.54) is 25.7 Å². The maximum Gasteiger partial charge on any atom is 0.335 e. The summed E-state index contributed by atoms with van der Waals surface area (Å²) in [4.78, 5) is 13.2. The summed E-state index contributed by atoms with van der Waals surface area (Å²) >= 11 is 0. The highest BCUT2D eigenvalue weighted by molar-refractivity contribution is 5.88. The van der Waals surface area contributed by atoms with Crippen molar-refractivity contribution in [2.24, 2.45) is 5.92 Å². The second-order valence-corrected chi connectivity index (χ2v) is 6.38. The molecule has 1 fully saturated rings. The summed E-state index contributed by atoms with van der Waals surface area (Å²) in [5.41, 5.74) is 2.52. The maximum absolute atomic E-state index is 11.0.